The van der Waals surface area contributed by atoms with E-state index in [1.165, 1.54) is 18.4 Å². The van der Waals surface area contributed by atoms with Gasteiger partial charge in [-0.25, -0.2) is 9.78 Å². The second kappa shape index (κ2) is 10.7. The zero-order valence-corrected chi connectivity index (χ0v) is 20.9. The van der Waals surface area contributed by atoms with Gasteiger partial charge < -0.3 is 29.2 Å². The molecule has 10 heteroatoms. The maximum Gasteiger partial charge on any atom is 0.340 e. The summed E-state index contributed by atoms with van der Waals surface area (Å²) < 4.78 is 21.0. The Kier molecular flexibility index (Phi) is 7.52. The second-order valence-electron chi connectivity index (χ2n) is 7.78. The fourth-order valence-corrected chi connectivity index (χ4v) is 4.78. The van der Waals surface area contributed by atoms with Crippen LogP contribution in [-0.4, -0.2) is 64.5 Å². The molecule has 0 bridgehead atoms. The Hall–Kier alpha value is -3.63. The quantitative estimate of drug-likeness (QED) is 0.489. The second-order valence-corrected chi connectivity index (χ2v) is 8.78. The van der Waals surface area contributed by atoms with Crippen molar-refractivity contribution in [2.75, 3.05) is 57.8 Å². The zero-order valence-electron chi connectivity index (χ0n) is 20.0. The van der Waals surface area contributed by atoms with Crippen molar-refractivity contribution in [3.8, 4) is 22.1 Å². The SMILES string of the molecule is COC(=O)c1cc(N2CCOCC2)ccc1NC(=O)c1sc(-c2ccc(OC)c(OC)c2)nc1C. The van der Waals surface area contributed by atoms with E-state index in [1.54, 1.807) is 39.3 Å². The van der Waals surface area contributed by atoms with Gasteiger partial charge in [0.15, 0.2) is 11.5 Å². The lowest BCUT2D eigenvalue weighted by molar-refractivity contribution is 0.0602. The lowest BCUT2D eigenvalue weighted by Crippen LogP contribution is -2.36. The maximum atomic E-state index is 13.2. The number of morpholine rings is 1. The van der Waals surface area contributed by atoms with E-state index in [1.807, 2.05) is 18.2 Å². The lowest BCUT2D eigenvalue weighted by atomic mass is 10.1. The first kappa shape index (κ1) is 24.5. The summed E-state index contributed by atoms with van der Waals surface area (Å²) in [5.41, 5.74) is 2.92. The fourth-order valence-electron chi connectivity index (χ4n) is 3.82. The van der Waals surface area contributed by atoms with E-state index in [-0.39, 0.29) is 11.5 Å². The standard InChI is InChI=1S/C25H27N3O6S/c1-15-22(35-24(26-15)16-5-8-20(31-2)21(13-16)32-3)23(29)27-19-7-6-17(14-18(19)25(30)33-4)28-9-11-34-12-10-28/h5-8,13-14H,9-12H2,1-4H3,(H,27,29). The summed E-state index contributed by atoms with van der Waals surface area (Å²) in [5, 5.41) is 3.53. The third-order valence-electron chi connectivity index (χ3n) is 5.67. The Bertz CT molecular complexity index is 1240. The van der Waals surface area contributed by atoms with Crippen molar-refractivity contribution in [2.45, 2.75) is 6.92 Å². The number of esters is 1. The molecule has 0 aliphatic carbocycles. The van der Waals surface area contributed by atoms with Gasteiger partial charge in [-0.3, -0.25) is 4.79 Å². The van der Waals surface area contributed by atoms with Crippen LogP contribution in [-0.2, 0) is 9.47 Å². The Morgan fingerprint density at radius 3 is 2.46 bits per heavy atom. The number of amides is 1. The largest absolute Gasteiger partial charge is 0.493 e. The number of methoxy groups -OCH3 is 3. The van der Waals surface area contributed by atoms with Crippen molar-refractivity contribution in [1.29, 1.82) is 0 Å². The number of aryl methyl sites for hydroxylation is 1. The number of carbonyl (C=O) groups is 2. The molecule has 2 aromatic carbocycles. The van der Waals surface area contributed by atoms with Crippen LogP contribution in [0.4, 0.5) is 11.4 Å². The molecule has 1 N–H and O–H groups in total. The van der Waals surface area contributed by atoms with Crippen molar-refractivity contribution >= 4 is 34.6 Å². The number of ether oxygens (including phenoxy) is 4. The molecule has 184 valence electrons. The molecule has 2 heterocycles. The first-order chi connectivity index (χ1) is 16.9. The van der Waals surface area contributed by atoms with E-state index in [0.29, 0.717) is 46.0 Å². The van der Waals surface area contributed by atoms with E-state index in [2.05, 4.69) is 15.2 Å². The number of nitrogens with zero attached hydrogens (tertiary/aromatic N) is 2. The van der Waals surface area contributed by atoms with Gasteiger partial charge in [0.25, 0.3) is 5.91 Å². The molecule has 0 radical (unpaired) electrons. The van der Waals surface area contributed by atoms with Crippen molar-refractivity contribution in [1.82, 2.24) is 4.98 Å². The van der Waals surface area contributed by atoms with Gasteiger partial charge in [0, 0.05) is 24.3 Å². The van der Waals surface area contributed by atoms with Gasteiger partial charge in [0.2, 0.25) is 0 Å². The predicted octanol–water partition coefficient (Wildman–Crippen LogP) is 4.01. The van der Waals surface area contributed by atoms with Crippen LogP contribution in [0.5, 0.6) is 11.5 Å². The molecule has 3 aromatic rings. The zero-order chi connectivity index (χ0) is 24.9. The Labute approximate surface area is 207 Å². The summed E-state index contributed by atoms with van der Waals surface area (Å²) in [6, 6.07) is 10.8. The third-order valence-corrected chi connectivity index (χ3v) is 6.87. The molecule has 1 aromatic heterocycles. The van der Waals surface area contributed by atoms with Crippen LogP contribution >= 0.6 is 11.3 Å². The van der Waals surface area contributed by atoms with Crippen LogP contribution in [0.3, 0.4) is 0 Å². The van der Waals surface area contributed by atoms with E-state index >= 15 is 0 Å². The van der Waals surface area contributed by atoms with E-state index in [4.69, 9.17) is 18.9 Å². The summed E-state index contributed by atoms with van der Waals surface area (Å²) in [4.78, 5) is 32.8. The Morgan fingerprint density at radius 2 is 1.77 bits per heavy atom. The highest BCUT2D eigenvalue weighted by atomic mass is 32.1. The highest BCUT2D eigenvalue weighted by molar-refractivity contribution is 7.17. The molecule has 0 unspecified atom stereocenters. The Morgan fingerprint density at radius 1 is 1.03 bits per heavy atom. The van der Waals surface area contributed by atoms with Gasteiger partial charge in [-0.1, -0.05) is 0 Å². The van der Waals surface area contributed by atoms with Crippen LogP contribution in [0, 0.1) is 6.92 Å². The van der Waals surface area contributed by atoms with Crippen LogP contribution < -0.4 is 19.7 Å². The molecule has 1 amide bonds. The van der Waals surface area contributed by atoms with Gasteiger partial charge >= 0.3 is 5.97 Å². The van der Waals surface area contributed by atoms with Gasteiger partial charge in [0.1, 0.15) is 9.88 Å². The molecule has 1 fully saturated rings. The molecule has 35 heavy (non-hydrogen) atoms. The first-order valence-corrected chi connectivity index (χ1v) is 11.8. The number of benzene rings is 2. The first-order valence-electron chi connectivity index (χ1n) is 11.0. The number of rotatable bonds is 7. The van der Waals surface area contributed by atoms with Gasteiger partial charge in [-0.15, -0.1) is 11.3 Å². The van der Waals surface area contributed by atoms with E-state index in [0.717, 1.165) is 24.3 Å². The highest BCUT2D eigenvalue weighted by Gasteiger charge is 2.22. The molecular weight excluding hydrogens is 470 g/mol. The smallest absolute Gasteiger partial charge is 0.340 e. The topological polar surface area (TPSA) is 99.2 Å². The average Bonchev–Trinajstić information content (AvgIpc) is 3.30. The molecule has 0 spiro atoms. The summed E-state index contributed by atoms with van der Waals surface area (Å²) in [5.74, 6) is 0.309. The van der Waals surface area contributed by atoms with Crippen LogP contribution in [0.15, 0.2) is 36.4 Å². The van der Waals surface area contributed by atoms with Crippen molar-refractivity contribution in [3.63, 3.8) is 0 Å². The van der Waals surface area contributed by atoms with Gasteiger partial charge in [-0.05, 0) is 43.3 Å². The molecule has 0 saturated carbocycles. The molecule has 1 aliphatic rings. The third kappa shape index (κ3) is 5.23. The molecule has 9 nitrogen and oxygen atoms in total. The summed E-state index contributed by atoms with van der Waals surface area (Å²) in [7, 11) is 4.46. The van der Waals surface area contributed by atoms with Gasteiger partial charge in [-0.2, -0.15) is 0 Å². The summed E-state index contributed by atoms with van der Waals surface area (Å²) >= 11 is 1.26. The highest BCUT2D eigenvalue weighted by Crippen LogP contribution is 2.35. The van der Waals surface area contributed by atoms with Crippen molar-refractivity contribution in [2.24, 2.45) is 0 Å². The number of hydrogen-bond acceptors (Lipinski definition) is 9. The number of hydrogen-bond donors (Lipinski definition) is 1. The Balaban J connectivity index is 1.60. The van der Waals surface area contributed by atoms with Gasteiger partial charge in [0.05, 0.1) is 51.5 Å². The van der Waals surface area contributed by atoms with Crippen LogP contribution in [0.1, 0.15) is 25.7 Å². The van der Waals surface area contributed by atoms with E-state index < -0.39 is 5.97 Å². The summed E-state index contributed by atoms with van der Waals surface area (Å²) in [6.07, 6.45) is 0. The number of aromatic nitrogens is 1. The number of nitrogens with one attached hydrogen (secondary N) is 1. The molecule has 1 saturated heterocycles. The van der Waals surface area contributed by atoms with Crippen LogP contribution in [0.25, 0.3) is 10.6 Å². The molecule has 4 rings (SSSR count). The lowest BCUT2D eigenvalue weighted by Gasteiger charge is -2.29. The van der Waals surface area contributed by atoms with Crippen LogP contribution in [0.2, 0.25) is 0 Å². The van der Waals surface area contributed by atoms with Crippen molar-refractivity contribution in [3.05, 3.63) is 52.5 Å². The minimum atomic E-state index is -0.526. The van der Waals surface area contributed by atoms with E-state index in [9.17, 15) is 9.59 Å². The normalized spacial score (nSPS) is 13.3. The fraction of sp³-hybridized carbons (Fsp3) is 0.320. The molecule has 1 aliphatic heterocycles. The minimum absolute atomic E-state index is 0.284. The number of anilines is 2. The molecule has 0 atom stereocenters. The number of carbonyl (C=O) groups excluding carboxylic acids is 2. The predicted molar refractivity (Wildman–Crippen MR) is 134 cm³/mol. The van der Waals surface area contributed by atoms with Crippen molar-refractivity contribution < 1.29 is 28.5 Å². The summed E-state index contributed by atoms with van der Waals surface area (Å²) in [6.45, 7) is 4.48. The minimum Gasteiger partial charge on any atom is -0.493 e. The molecular formula is C25H27N3O6S. The maximum absolute atomic E-state index is 13.2. The monoisotopic (exact) mass is 497 g/mol. The average molecular weight is 498 g/mol. The number of thiazole rings is 1.